The van der Waals surface area contributed by atoms with Crippen LogP contribution in [0.1, 0.15) is 117 Å². The fraction of sp³-hybridized carbons (Fsp3) is 0.368. The number of benzene rings is 4. The van der Waals surface area contributed by atoms with E-state index in [-0.39, 0.29) is 85.3 Å². The van der Waals surface area contributed by atoms with Crippen molar-refractivity contribution in [1.82, 2.24) is 30.7 Å². The second kappa shape index (κ2) is 23.2. The molecule has 0 saturated carbocycles. The van der Waals surface area contributed by atoms with Crippen molar-refractivity contribution < 1.29 is 71.0 Å². The van der Waals surface area contributed by atoms with Crippen molar-refractivity contribution in [2.45, 2.75) is 95.7 Å². The normalized spacial score (nSPS) is 18.9. The van der Waals surface area contributed by atoms with E-state index in [1.165, 1.54) is 29.2 Å². The number of amides is 8. The summed E-state index contributed by atoms with van der Waals surface area (Å²) in [6, 6.07) is 20.3. The maximum absolute atomic E-state index is 15.1. The van der Waals surface area contributed by atoms with Crippen molar-refractivity contribution in [3.63, 3.8) is 0 Å². The van der Waals surface area contributed by atoms with Crippen LogP contribution in [0.3, 0.4) is 0 Å². The SMILES string of the molecule is CC(C)(C)[C@H](NC(=O)c1cc2cc(C(F)(F)P(=O)(O)O)ccc2s1)C(=O)N1Cc2cc(OCC(=O)NCCCCC#Cc3ccc4c(c3)C(=O)N(C3CCC(=O)NC3=O)C4=O)ccc2C[C@H]1C(=O)N1CCO[C@H](c2ccccc2)C1. The molecule has 0 aliphatic carbocycles. The third kappa shape index (κ3) is 12.2. The van der Waals surface area contributed by atoms with E-state index in [0.717, 1.165) is 39.5 Å². The fourth-order valence-electron chi connectivity index (χ4n) is 10.0. The van der Waals surface area contributed by atoms with E-state index in [0.29, 0.717) is 47.4 Å². The van der Waals surface area contributed by atoms with Gasteiger partial charge in [-0.2, -0.15) is 8.78 Å². The Labute approximate surface area is 462 Å². The van der Waals surface area contributed by atoms with Gasteiger partial charge in [0, 0.05) is 54.7 Å². The first-order valence-corrected chi connectivity index (χ1v) is 28.3. The summed E-state index contributed by atoms with van der Waals surface area (Å²) in [7, 11) is -5.87. The minimum atomic E-state index is -5.87. The predicted octanol–water partition coefficient (Wildman–Crippen LogP) is 5.94. The number of alkyl halides is 2. The molecule has 80 heavy (non-hydrogen) atoms. The quantitative estimate of drug-likeness (QED) is 0.0352. The molecule has 0 spiro atoms. The minimum absolute atomic E-state index is 0.0170. The average molecular weight is 1140 g/mol. The Morgan fingerprint density at radius 3 is 2.42 bits per heavy atom. The number of rotatable bonds is 15. The third-order valence-corrected chi connectivity index (χ3v) is 16.5. The van der Waals surface area contributed by atoms with Gasteiger partial charge < -0.3 is 39.7 Å². The molecule has 4 aliphatic rings. The molecular weight excluding hydrogens is 1080 g/mol. The molecule has 2 fully saturated rings. The van der Waals surface area contributed by atoms with Gasteiger partial charge in [-0.05, 0) is 95.3 Å². The van der Waals surface area contributed by atoms with Gasteiger partial charge >= 0.3 is 13.3 Å². The van der Waals surface area contributed by atoms with Crippen molar-refractivity contribution in [1.29, 1.82) is 0 Å². The summed E-state index contributed by atoms with van der Waals surface area (Å²) in [6.45, 7) is 5.93. The highest BCUT2D eigenvalue weighted by Gasteiger charge is 2.51. The standard InChI is InChI=1S/C57H57F2N6O13PS/c1-56(2,3)49(62-51(69)46-29-36-26-38(16-20-45(36)80-46)57(58,59)79(74,75)76)55(73)64-30-37-27-39(17-15-35(37)28-43(64)54(72)63-23-24-77-44(31-63)34-12-8-6-9-13-34)78-32-48(67)60-22-10-5-4-7-11-33-14-18-40-41(25-33)53(71)65(52(40)70)42-19-21-47(66)61-50(42)68/h6,8-9,12-18,20,25-27,29,42-44,49H,4-5,10,19,21-24,28,30-32H2,1-3H3,(H,60,67)(H,62,69)(H,61,66,68)(H2,74,75,76)/t42?,43-,44-,49+/m0/s1. The van der Waals surface area contributed by atoms with Gasteiger partial charge in [0.15, 0.2) is 6.61 Å². The number of morpholine rings is 1. The van der Waals surface area contributed by atoms with Gasteiger partial charge in [-0.1, -0.05) is 75.1 Å². The summed E-state index contributed by atoms with van der Waals surface area (Å²) in [5, 5.41) is 7.98. The van der Waals surface area contributed by atoms with Crippen molar-refractivity contribution in [3.8, 4) is 17.6 Å². The van der Waals surface area contributed by atoms with E-state index in [1.807, 2.05) is 30.3 Å². The van der Waals surface area contributed by atoms with Gasteiger partial charge in [0.2, 0.25) is 23.6 Å². The second-order valence-electron chi connectivity index (χ2n) is 21.0. The fourth-order valence-corrected chi connectivity index (χ4v) is 11.5. The second-order valence-corrected chi connectivity index (χ2v) is 23.7. The number of carbonyl (C=O) groups excluding carboxylic acids is 8. The number of ether oxygens (including phenoxy) is 2. The maximum Gasteiger partial charge on any atom is 0.399 e. The van der Waals surface area contributed by atoms with Gasteiger partial charge in [0.1, 0.15) is 30.0 Å². The Morgan fingerprint density at radius 1 is 0.925 bits per heavy atom. The Balaban J connectivity index is 0.836. The Morgan fingerprint density at radius 2 is 1.69 bits per heavy atom. The van der Waals surface area contributed by atoms with Crippen LogP contribution in [0.2, 0.25) is 0 Å². The highest BCUT2D eigenvalue weighted by atomic mass is 32.1. The van der Waals surface area contributed by atoms with Crippen molar-refractivity contribution >= 4 is 76.3 Å². The molecule has 2 saturated heterocycles. The molecule has 4 aliphatic heterocycles. The topological polar surface area (TPSA) is 258 Å². The monoisotopic (exact) mass is 1130 g/mol. The Hall–Kier alpha value is -7.67. The van der Waals surface area contributed by atoms with Gasteiger partial charge in [0.05, 0.1) is 29.2 Å². The van der Waals surface area contributed by atoms with E-state index in [2.05, 4.69) is 27.8 Å². The molecule has 5 aromatic rings. The van der Waals surface area contributed by atoms with E-state index < -0.39 is 83.9 Å². The lowest BCUT2D eigenvalue weighted by Crippen LogP contribution is -2.61. The summed E-state index contributed by atoms with van der Waals surface area (Å²) in [5.41, 5.74) is -3.24. The molecule has 23 heteroatoms. The van der Waals surface area contributed by atoms with Crippen LogP contribution in [-0.4, -0.2) is 123 Å². The molecular formula is C57H57F2N6O13PS. The van der Waals surface area contributed by atoms with Gasteiger partial charge in [-0.3, -0.25) is 53.1 Å². The van der Waals surface area contributed by atoms with Crippen LogP contribution in [0.25, 0.3) is 10.1 Å². The lowest BCUT2D eigenvalue weighted by molar-refractivity contribution is -0.153. The summed E-state index contributed by atoms with van der Waals surface area (Å²) in [4.78, 5) is 130. The number of imide groups is 2. The van der Waals surface area contributed by atoms with Crippen LogP contribution in [0.5, 0.6) is 5.75 Å². The maximum atomic E-state index is 15.1. The van der Waals surface area contributed by atoms with Crippen LogP contribution in [-0.2, 0) is 51.9 Å². The van der Waals surface area contributed by atoms with E-state index >= 15 is 4.79 Å². The third-order valence-electron chi connectivity index (χ3n) is 14.4. The van der Waals surface area contributed by atoms with E-state index in [4.69, 9.17) is 9.47 Å². The van der Waals surface area contributed by atoms with E-state index in [9.17, 15) is 56.7 Å². The number of hydrogen-bond acceptors (Lipinski definition) is 12. The first-order valence-electron chi connectivity index (χ1n) is 25.9. The van der Waals surface area contributed by atoms with Crippen LogP contribution < -0.4 is 20.7 Å². The van der Waals surface area contributed by atoms with Gasteiger partial charge in [0.25, 0.3) is 23.6 Å². The molecule has 4 atom stereocenters. The molecule has 1 unspecified atom stereocenters. The lowest BCUT2D eigenvalue weighted by Gasteiger charge is -2.43. The molecule has 5 heterocycles. The molecule has 0 bridgehead atoms. The number of halogens is 2. The van der Waals surface area contributed by atoms with Gasteiger partial charge in [-0.15, -0.1) is 11.3 Å². The minimum Gasteiger partial charge on any atom is -0.484 e. The number of nitrogens with one attached hydrogen (secondary N) is 3. The molecule has 19 nitrogen and oxygen atoms in total. The number of carbonyl (C=O) groups is 8. The molecule has 1 aromatic heterocycles. The highest BCUT2D eigenvalue weighted by Crippen LogP contribution is 2.59. The zero-order valence-electron chi connectivity index (χ0n) is 43.8. The number of fused-ring (bicyclic) bond motifs is 3. The van der Waals surface area contributed by atoms with Crippen LogP contribution in [0.15, 0.2) is 91.0 Å². The summed E-state index contributed by atoms with van der Waals surface area (Å²) < 4.78 is 53.3. The Bertz CT molecular complexity index is 3440. The summed E-state index contributed by atoms with van der Waals surface area (Å²) >= 11 is 0.941. The van der Waals surface area contributed by atoms with Crippen LogP contribution >= 0.6 is 18.9 Å². The average Bonchev–Trinajstić information content (AvgIpc) is 3.97. The molecule has 8 amide bonds. The summed E-state index contributed by atoms with van der Waals surface area (Å²) in [6.07, 6.45) is 1.45. The number of unbranched alkanes of at least 4 members (excludes halogenated alkanes) is 2. The number of piperidine rings is 1. The van der Waals surface area contributed by atoms with Gasteiger partial charge in [-0.25, -0.2) is 0 Å². The van der Waals surface area contributed by atoms with Crippen molar-refractivity contribution in [2.24, 2.45) is 5.41 Å². The van der Waals surface area contributed by atoms with Crippen molar-refractivity contribution in [2.75, 3.05) is 32.8 Å². The largest absolute Gasteiger partial charge is 0.484 e. The zero-order valence-corrected chi connectivity index (χ0v) is 45.5. The first kappa shape index (κ1) is 57.0. The number of nitrogens with zero attached hydrogens (tertiary/aromatic N) is 3. The van der Waals surface area contributed by atoms with Crippen LogP contribution in [0.4, 0.5) is 8.78 Å². The van der Waals surface area contributed by atoms with Crippen molar-refractivity contribution in [3.05, 3.63) is 135 Å². The zero-order chi connectivity index (χ0) is 57.3. The molecule has 4 aromatic carbocycles. The molecule has 418 valence electrons. The smallest absolute Gasteiger partial charge is 0.399 e. The number of hydrogen-bond donors (Lipinski definition) is 5. The predicted molar refractivity (Wildman–Crippen MR) is 287 cm³/mol. The lowest BCUT2D eigenvalue weighted by atomic mass is 9.84. The highest BCUT2D eigenvalue weighted by molar-refractivity contribution is 7.52. The molecule has 9 rings (SSSR count). The first-order chi connectivity index (χ1) is 38.0. The molecule has 5 N–H and O–H groups in total. The Kier molecular flexibility index (Phi) is 16.5. The number of thiophene rings is 1. The summed E-state index contributed by atoms with van der Waals surface area (Å²) in [5.74, 6) is 2.02. The molecule has 0 radical (unpaired) electrons. The van der Waals surface area contributed by atoms with Crippen LogP contribution in [0, 0.1) is 17.3 Å². The van der Waals surface area contributed by atoms with E-state index in [1.54, 1.807) is 49.9 Å².